The molecular weight excluding hydrogens is 481 g/mol. The smallest absolute Gasteiger partial charge is 0.416 e. The van der Waals surface area contributed by atoms with Gasteiger partial charge in [0.05, 0.1) is 31.9 Å². The summed E-state index contributed by atoms with van der Waals surface area (Å²) in [5.41, 5.74) is 0.439. The number of hydrogen-bond acceptors (Lipinski definition) is 3. The van der Waals surface area contributed by atoms with Crippen LogP contribution >= 0.6 is 0 Å². The van der Waals surface area contributed by atoms with Gasteiger partial charge in [0.1, 0.15) is 11.9 Å². The number of benzene rings is 2. The van der Waals surface area contributed by atoms with Crippen LogP contribution in [0, 0.1) is 23.2 Å². The third-order valence-corrected chi connectivity index (χ3v) is 10.1. The second-order valence-electron chi connectivity index (χ2n) is 11.9. The van der Waals surface area contributed by atoms with E-state index in [1.54, 1.807) is 42.3 Å². The Morgan fingerprint density at radius 1 is 1.03 bits per heavy atom. The van der Waals surface area contributed by atoms with Crippen LogP contribution in [0.4, 0.5) is 18.0 Å². The highest BCUT2D eigenvalue weighted by atomic mass is 19.4. The van der Waals surface area contributed by atoms with Crippen LogP contribution in [0.15, 0.2) is 48.5 Å². The molecule has 7 rings (SSSR count). The van der Waals surface area contributed by atoms with Gasteiger partial charge in [-0.2, -0.15) is 13.2 Å². The first kappa shape index (κ1) is 23.4. The normalized spacial score (nSPS) is 34.2. The van der Waals surface area contributed by atoms with E-state index in [9.17, 15) is 18.0 Å². The van der Waals surface area contributed by atoms with Gasteiger partial charge in [-0.15, -0.1) is 0 Å². The summed E-state index contributed by atoms with van der Waals surface area (Å²) in [6.45, 7) is 0.729. The Balaban J connectivity index is 1.05. The molecule has 1 N–H and O–H groups in total. The Bertz CT molecular complexity index is 1210. The summed E-state index contributed by atoms with van der Waals surface area (Å²) >= 11 is 0. The standard InChI is InChI=1S/C29H31F3N2O3/c1-36-21-8-6-17(7-9-21)25(23-4-2-3-5-24(23)29(30,31)32)37-22-14-34(15-22)26(35)33-27-12-19-10-18-11-20(13-27)28(18,19)16-27/h2-9,18-20,22,25H,10-16H2,1H3,(H,33,35). The zero-order valence-electron chi connectivity index (χ0n) is 20.8. The monoisotopic (exact) mass is 512 g/mol. The average Bonchev–Trinajstić information content (AvgIpc) is 3.30. The lowest BCUT2D eigenvalue weighted by molar-refractivity contribution is -0.175. The Labute approximate surface area is 214 Å². The highest BCUT2D eigenvalue weighted by Crippen LogP contribution is 2.82. The van der Waals surface area contributed by atoms with Crippen LogP contribution in [0.2, 0.25) is 0 Å². The van der Waals surface area contributed by atoms with Crippen molar-refractivity contribution in [2.45, 2.75) is 56.0 Å². The van der Waals surface area contributed by atoms with Gasteiger partial charge >= 0.3 is 12.2 Å². The predicted octanol–water partition coefficient (Wildman–Crippen LogP) is 5.79. The minimum Gasteiger partial charge on any atom is -0.497 e. The molecule has 0 radical (unpaired) electrons. The minimum absolute atomic E-state index is 0.0547. The molecule has 5 fully saturated rings. The quantitative estimate of drug-likeness (QED) is 0.533. The lowest BCUT2D eigenvalue weighted by Gasteiger charge is -2.66. The molecule has 8 heteroatoms. The summed E-state index contributed by atoms with van der Waals surface area (Å²) in [5.74, 6) is 3.08. The van der Waals surface area contributed by atoms with E-state index in [-0.39, 0.29) is 23.2 Å². The molecule has 3 unspecified atom stereocenters. The number of likely N-dealkylation sites (tertiary alicyclic amines) is 1. The molecular formula is C29H31F3N2O3. The highest BCUT2D eigenvalue weighted by molar-refractivity contribution is 5.76. The largest absolute Gasteiger partial charge is 0.497 e. The Kier molecular flexibility index (Phi) is 4.98. The Hall–Kier alpha value is -2.74. The van der Waals surface area contributed by atoms with E-state index < -0.39 is 17.8 Å². The molecule has 1 heterocycles. The second-order valence-corrected chi connectivity index (χ2v) is 11.9. The average molecular weight is 513 g/mol. The third-order valence-electron chi connectivity index (χ3n) is 10.1. The van der Waals surface area contributed by atoms with E-state index in [2.05, 4.69) is 5.32 Å². The van der Waals surface area contributed by atoms with E-state index in [1.165, 1.54) is 25.0 Å². The molecule has 1 spiro atoms. The van der Waals surface area contributed by atoms with Crippen molar-refractivity contribution in [1.29, 1.82) is 0 Å². The molecule has 2 aromatic carbocycles. The Morgan fingerprint density at radius 2 is 1.70 bits per heavy atom. The number of nitrogens with zero attached hydrogens (tertiary/aromatic N) is 1. The van der Waals surface area contributed by atoms with Gasteiger partial charge in [0, 0.05) is 5.54 Å². The maximum absolute atomic E-state index is 13.9. The fourth-order valence-corrected chi connectivity index (χ4v) is 8.51. The lowest BCUT2D eigenvalue weighted by Crippen LogP contribution is -2.62. The van der Waals surface area contributed by atoms with E-state index >= 15 is 0 Å². The lowest BCUT2D eigenvalue weighted by atomic mass is 9.38. The fraction of sp³-hybridized carbons (Fsp3) is 0.552. The van der Waals surface area contributed by atoms with E-state index in [0.717, 1.165) is 43.1 Å². The first-order valence-electron chi connectivity index (χ1n) is 13.2. The molecule has 2 bridgehead atoms. The van der Waals surface area contributed by atoms with Gasteiger partial charge in [-0.05, 0) is 84.6 Å². The number of ether oxygens (including phenoxy) is 2. The number of halogens is 3. The number of urea groups is 1. The van der Waals surface area contributed by atoms with E-state index in [1.807, 2.05) is 0 Å². The van der Waals surface area contributed by atoms with Gasteiger partial charge in [0.25, 0.3) is 0 Å². The van der Waals surface area contributed by atoms with Crippen molar-refractivity contribution in [3.63, 3.8) is 0 Å². The first-order chi connectivity index (χ1) is 17.7. The van der Waals surface area contributed by atoms with Crippen LogP contribution in [-0.2, 0) is 10.9 Å². The second kappa shape index (κ2) is 7.88. The molecule has 2 aromatic rings. The molecule has 2 amide bonds. The molecule has 5 aliphatic rings. The van der Waals surface area contributed by atoms with Crippen LogP contribution in [0.5, 0.6) is 5.75 Å². The number of methoxy groups -OCH3 is 1. The summed E-state index contributed by atoms with van der Waals surface area (Å²) in [4.78, 5) is 14.9. The number of amides is 2. The van der Waals surface area contributed by atoms with Gasteiger partial charge in [0.2, 0.25) is 0 Å². The molecule has 1 saturated heterocycles. The van der Waals surface area contributed by atoms with Crippen molar-refractivity contribution in [3.05, 3.63) is 65.2 Å². The third kappa shape index (κ3) is 3.44. The molecule has 4 saturated carbocycles. The van der Waals surface area contributed by atoms with E-state index in [4.69, 9.17) is 9.47 Å². The van der Waals surface area contributed by atoms with Crippen molar-refractivity contribution in [3.8, 4) is 5.75 Å². The van der Waals surface area contributed by atoms with Crippen LogP contribution in [0.25, 0.3) is 0 Å². The van der Waals surface area contributed by atoms with Gasteiger partial charge < -0.3 is 19.7 Å². The van der Waals surface area contributed by atoms with Gasteiger partial charge in [-0.3, -0.25) is 0 Å². The van der Waals surface area contributed by atoms with Crippen molar-refractivity contribution in [1.82, 2.24) is 10.2 Å². The molecule has 4 aliphatic carbocycles. The molecule has 37 heavy (non-hydrogen) atoms. The van der Waals surface area contributed by atoms with Gasteiger partial charge in [0.15, 0.2) is 0 Å². The maximum atomic E-state index is 13.9. The number of carbonyl (C=O) groups excluding carboxylic acids is 1. The molecule has 196 valence electrons. The summed E-state index contributed by atoms with van der Waals surface area (Å²) in [6.07, 6.45) is 0.242. The van der Waals surface area contributed by atoms with Crippen LogP contribution in [0.1, 0.15) is 54.9 Å². The SMILES string of the molecule is COc1ccc(C(OC2CN(C(=O)NC34CC5CC6CC(C3)C65C4)C2)c2ccccc2C(F)(F)F)cc1. The van der Waals surface area contributed by atoms with Crippen LogP contribution < -0.4 is 10.1 Å². The number of alkyl halides is 3. The molecule has 0 aromatic heterocycles. The van der Waals surface area contributed by atoms with Gasteiger partial charge in [-0.1, -0.05) is 30.3 Å². The number of hydrogen-bond donors (Lipinski definition) is 1. The minimum atomic E-state index is -4.50. The highest BCUT2D eigenvalue weighted by Gasteiger charge is 2.77. The van der Waals surface area contributed by atoms with Crippen molar-refractivity contribution in [2.75, 3.05) is 20.2 Å². The predicted molar refractivity (Wildman–Crippen MR) is 130 cm³/mol. The molecule has 5 nitrogen and oxygen atoms in total. The summed E-state index contributed by atoms with van der Waals surface area (Å²) in [5, 5.41) is 3.39. The van der Waals surface area contributed by atoms with Gasteiger partial charge in [-0.25, -0.2) is 4.79 Å². The van der Waals surface area contributed by atoms with Crippen LogP contribution in [0.3, 0.4) is 0 Å². The number of carbonyl (C=O) groups is 1. The zero-order chi connectivity index (χ0) is 25.6. The van der Waals surface area contributed by atoms with E-state index in [0.29, 0.717) is 29.8 Å². The summed E-state index contributed by atoms with van der Waals surface area (Å²) in [6, 6.07) is 12.4. The summed E-state index contributed by atoms with van der Waals surface area (Å²) in [7, 11) is 1.54. The van der Waals surface area contributed by atoms with Crippen molar-refractivity contribution >= 4 is 6.03 Å². The number of nitrogens with one attached hydrogen (secondary N) is 1. The van der Waals surface area contributed by atoms with Crippen molar-refractivity contribution < 1.29 is 27.4 Å². The van der Waals surface area contributed by atoms with Crippen LogP contribution in [-0.4, -0.2) is 42.8 Å². The fourth-order valence-electron chi connectivity index (χ4n) is 8.51. The first-order valence-corrected chi connectivity index (χ1v) is 13.2. The van der Waals surface area contributed by atoms with Crippen molar-refractivity contribution in [2.24, 2.45) is 23.2 Å². The maximum Gasteiger partial charge on any atom is 0.416 e. The number of rotatable bonds is 6. The zero-order valence-corrected chi connectivity index (χ0v) is 20.8. The topological polar surface area (TPSA) is 50.8 Å². The molecule has 3 atom stereocenters. The Morgan fingerprint density at radius 3 is 2.30 bits per heavy atom. The summed E-state index contributed by atoms with van der Waals surface area (Å²) < 4.78 is 53.1. The molecule has 1 aliphatic heterocycles. The number of fused-ring (bicyclic) bond motifs is 1.